The van der Waals surface area contributed by atoms with Gasteiger partial charge in [0.05, 0.1) is 7.11 Å². The van der Waals surface area contributed by atoms with Crippen molar-refractivity contribution in [2.75, 3.05) is 7.11 Å². The van der Waals surface area contributed by atoms with Crippen molar-refractivity contribution in [3.8, 4) is 5.75 Å². The van der Waals surface area contributed by atoms with Gasteiger partial charge in [-0.05, 0) is 17.5 Å². The summed E-state index contributed by atoms with van der Waals surface area (Å²) in [6, 6.07) is 12.5. The Labute approximate surface area is 103 Å². The van der Waals surface area contributed by atoms with Crippen LogP contribution in [-0.4, -0.2) is 7.11 Å². The minimum absolute atomic E-state index is 0. The number of rotatable bonds is 2. The van der Waals surface area contributed by atoms with E-state index in [4.69, 9.17) is 4.74 Å². The van der Waals surface area contributed by atoms with E-state index in [0.717, 1.165) is 5.75 Å². The van der Waals surface area contributed by atoms with E-state index >= 15 is 0 Å². The summed E-state index contributed by atoms with van der Waals surface area (Å²) in [4.78, 5) is 0. The smallest absolute Gasteiger partial charge is 0.497 e. The van der Waals surface area contributed by atoms with Gasteiger partial charge in [0, 0.05) is 0 Å². The van der Waals surface area contributed by atoms with Crippen LogP contribution in [0.2, 0.25) is 0 Å². The molecule has 2 aromatic rings. The van der Waals surface area contributed by atoms with Gasteiger partial charge in [-0.1, -0.05) is 18.4 Å². The zero-order valence-corrected chi connectivity index (χ0v) is 9.45. The summed E-state index contributed by atoms with van der Waals surface area (Å²) in [5.41, 5.74) is 1.25. The van der Waals surface area contributed by atoms with E-state index in [1.54, 1.807) is 7.11 Å². The van der Waals surface area contributed by atoms with Crippen LogP contribution in [0.1, 0.15) is 12.5 Å². The molecule has 0 aliphatic rings. The van der Waals surface area contributed by atoms with Gasteiger partial charge in [-0.2, -0.15) is 24.1 Å². The summed E-state index contributed by atoms with van der Waals surface area (Å²) in [6.07, 6.45) is 2.10. The second-order valence-electron chi connectivity index (χ2n) is 3.26. The molecule has 0 atom stereocenters. The van der Waals surface area contributed by atoms with Gasteiger partial charge in [-0.3, -0.25) is 0 Å². The molecule has 0 spiro atoms. The SMILES string of the molecule is C[CH-]c1ccc2cc(OC)ccc2c1.[Li+]. The van der Waals surface area contributed by atoms with Crippen LogP contribution < -0.4 is 23.6 Å². The van der Waals surface area contributed by atoms with Crippen molar-refractivity contribution < 1.29 is 23.6 Å². The fraction of sp³-hybridized carbons (Fsp3) is 0.154. The van der Waals surface area contributed by atoms with Crippen molar-refractivity contribution >= 4 is 10.8 Å². The van der Waals surface area contributed by atoms with Gasteiger partial charge in [0.25, 0.3) is 0 Å². The number of fused-ring (bicyclic) bond motifs is 1. The summed E-state index contributed by atoms with van der Waals surface area (Å²) in [6.45, 7) is 2.05. The van der Waals surface area contributed by atoms with E-state index < -0.39 is 0 Å². The number of methoxy groups -OCH3 is 1. The fourth-order valence-electron chi connectivity index (χ4n) is 1.55. The van der Waals surface area contributed by atoms with Gasteiger partial charge in [-0.15, -0.1) is 6.07 Å². The standard InChI is InChI=1S/C13H13O.Li/c1-3-10-4-5-12-9-13(14-2)7-6-11(12)8-10;/h3-9H,1-2H3;/q-1;+1. The maximum atomic E-state index is 5.17. The third kappa shape index (κ3) is 2.50. The third-order valence-corrected chi connectivity index (χ3v) is 2.40. The molecule has 0 unspecified atom stereocenters. The Hall–Kier alpha value is -1.03. The summed E-state index contributed by atoms with van der Waals surface area (Å²) < 4.78 is 5.17. The zero-order chi connectivity index (χ0) is 9.97. The molecule has 0 N–H and O–H groups in total. The van der Waals surface area contributed by atoms with Crippen molar-refractivity contribution in [2.24, 2.45) is 0 Å². The topological polar surface area (TPSA) is 9.23 Å². The molecule has 0 saturated carbocycles. The average molecular weight is 192 g/mol. The Balaban J connectivity index is 0.00000112. The third-order valence-electron chi connectivity index (χ3n) is 2.40. The molecule has 0 aliphatic carbocycles. The molecule has 15 heavy (non-hydrogen) atoms. The van der Waals surface area contributed by atoms with E-state index in [-0.39, 0.29) is 18.9 Å². The van der Waals surface area contributed by atoms with Crippen LogP contribution in [0.25, 0.3) is 10.8 Å². The Morgan fingerprint density at radius 3 is 2.33 bits per heavy atom. The number of hydrogen-bond acceptors (Lipinski definition) is 1. The number of ether oxygens (including phenoxy) is 1. The van der Waals surface area contributed by atoms with Crippen LogP contribution in [0.5, 0.6) is 5.75 Å². The molecular formula is C13H13LiO. The quantitative estimate of drug-likeness (QED) is 0.495. The first-order chi connectivity index (χ1) is 6.83. The molecule has 0 saturated heterocycles. The number of hydrogen-bond donors (Lipinski definition) is 0. The molecular weight excluding hydrogens is 179 g/mol. The first-order valence-electron chi connectivity index (χ1n) is 4.70. The zero-order valence-electron chi connectivity index (χ0n) is 9.45. The monoisotopic (exact) mass is 192 g/mol. The largest absolute Gasteiger partial charge is 1.00 e. The van der Waals surface area contributed by atoms with Crippen molar-refractivity contribution in [3.63, 3.8) is 0 Å². The van der Waals surface area contributed by atoms with Crippen LogP contribution in [0.4, 0.5) is 0 Å². The average Bonchev–Trinajstić information content (AvgIpc) is 2.27. The molecule has 0 radical (unpaired) electrons. The predicted molar refractivity (Wildman–Crippen MR) is 59.6 cm³/mol. The first-order valence-corrected chi connectivity index (χ1v) is 4.70. The second kappa shape index (κ2) is 5.16. The minimum atomic E-state index is 0. The van der Waals surface area contributed by atoms with Crippen molar-refractivity contribution in [1.29, 1.82) is 0 Å². The maximum absolute atomic E-state index is 5.17. The maximum Gasteiger partial charge on any atom is 1.00 e. The van der Waals surface area contributed by atoms with Crippen LogP contribution in [0.3, 0.4) is 0 Å². The molecule has 1 nitrogen and oxygen atoms in total. The molecule has 72 valence electrons. The summed E-state index contributed by atoms with van der Waals surface area (Å²) in [5.74, 6) is 0.908. The first kappa shape index (κ1) is 12.0. The van der Waals surface area contributed by atoms with Gasteiger partial charge in [0.2, 0.25) is 0 Å². The van der Waals surface area contributed by atoms with Gasteiger partial charge >= 0.3 is 18.9 Å². The van der Waals surface area contributed by atoms with Crippen LogP contribution >= 0.6 is 0 Å². The molecule has 0 bridgehead atoms. The van der Waals surface area contributed by atoms with E-state index in [9.17, 15) is 0 Å². The summed E-state index contributed by atoms with van der Waals surface area (Å²) in [5, 5.41) is 2.47. The molecule has 2 rings (SSSR count). The van der Waals surface area contributed by atoms with Gasteiger partial charge in [0.15, 0.2) is 0 Å². The predicted octanol–water partition coefficient (Wildman–Crippen LogP) is 0.425. The van der Waals surface area contributed by atoms with E-state index in [1.807, 2.05) is 13.0 Å². The van der Waals surface area contributed by atoms with Crippen molar-refractivity contribution in [2.45, 2.75) is 6.92 Å². The van der Waals surface area contributed by atoms with Crippen LogP contribution in [0.15, 0.2) is 36.4 Å². The molecule has 0 amide bonds. The molecule has 0 heterocycles. The molecule has 0 aliphatic heterocycles. The summed E-state index contributed by atoms with van der Waals surface area (Å²) in [7, 11) is 1.69. The van der Waals surface area contributed by atoms with Gasteiger partial charge in [-0.25, -0.2) is 0 Å². The molecule has 2 heteroatoms. The minimum Gasteiger partial charge on any atom is -0.497 e. The Morgan fingerprint density at radius 1 is 1.00 bits per heavy atom. The Bertz CT molecular complexity index is 408. The van der Waals surface area contributed by atoms with Crippen molar-refractivity contribution in [1.82, 2.24) is 0 Å². The van der Waals surface area contributed by atoms with E-state index in [1.165, 1.54) is 16.3 Å². The van der Waals surface area contributed by atoms with Gasteiger partial charge < -0.3 is 4.74 Å². The fourth-order valence-corrected chi connectivity index (χ4v) is 1.55. The Kier molecular flexibility index (Phi) is 4.14. The Morgan fingerprint density at radius 2 is 1.67 bits per heavy atom. The normalized spacial score (nSPS) is 9.47. The van der Waals surface area contributed by atoms with Crippen molar-refractivity contribution in [3.05, 3.63) is 48.4 Å². The second-order valence-corrected chi connectivity index (χ2v) is 3.26. The summed E-state index contributed by atoms with van der Waals surface area (Å²) >= 11 is 0. The van der Waals surface area contributed by atoms with Gasteiger partial charge in [0.1, 0.15) is 5.75 Å². The molecule has 2 aromatic carbocycles. The number of benzene rings is 2. The van der Waals surface area contributed by atoms with E-state index in [2.05, 4.69) is 36.8 Å². The van der Waals surface area contributed by atoms with Crippen LogP contribution in [0, 0.1) is 6.42 Å². The van der Waals surface area contributed by atoms with Crippen LogP contribution in [-0.2, 0) is 0 Å². The van der Waals surface area contributed by atoms with E-state index in [0.29, 0.717) is 0 Å². The molecule has 0 fully saturated rings. The molecule has 0 aromatic heterocycles.